The van der Waals surface area contributed by atoms with Gasteiger partial charge in [-0.1, -0.05) is 12.1 Å². The number of nitrogens with zero attached hydrogens (tertiary/aromatic N) is 1. The largest absolute Gasteiger partial charge is 0.383 e. The molecular weight excluding hydrogens is 256 g/mol. The molecule has 0 fully saturated rings. The lowest BCUT2D eigenvalue weighted by Gasteiger charge is -2.10. The molecule has 1 aromatic heterocycles. The molecule has 0 aliphatic heterocycles. The number of ether oxygens (including phenoxy) is 1. The van der Waals surface area contributed by atoms with Crippen molar-refractivity contribution in [2.24, 2.45) is 0 Å². The van der Waals surface area contributed by atoms with Crippen LogP contribution in [0.3, 0.4) is 0 Å². The number of hydrogen-bond donors (Lipinski definition) is 1. The molecule has 0 aliphatic carbocycles. The van der Waals surface area contributed by atoms with Gasteiger partial charge in [-0.3, -0.25) is 0 Å². The monoisotopic (exact) mass is 276 g/mol. The Morgan fingerprint density at radius 2 is 2.11 bits per heavy atom. The number of rotatable bonds is 5. The van der Waals surface area contributed by atoms with E-state index in [1.165, 1.54) is 16.7 Å². The Kier molecular flexibility index (Phi) is 4.56. The Morgan fingerprint density at radius 1 is 1.32 bits per heavy atom. The zero-order valence-electron chi connectivity index (χ0n) is 11.9. The molecule has 1 aromatic carbocycles. The van der Waals surface area contributed by atoms with Crippen LogP contribution in [0.1, 0.15) is 18.1 Å². The number of methoxy groups -OCH3 is 1. The summed E-state index contributed by atoms with van der Waals surface area (Å²) in [5, 5.41) is 6.37. The average molecular weight is 276 g/mol. The molecule has 0 bridgehead atoms. The van der Waals surface area contributed by atoms with Gasteiger partial charge in [0.05, 0.1) is 12.3 Å². The van der Waals surface area contributed by atoms with Gasteiger partial charge < -0.3 is 10.1 Å². The van der Waals surface area contributed by atoms with E-state index < -0.39 is 0 Å². The smallest absolute Gasteiger partial charge is 0.183 e. The molecule has 102 valence electrons. The van der Waals surface area contributed by atoms with Crippen LogP contribution in [0.25, 0.3) is 11.3 Å². The summed E-state index contributed by atoms with van der Waals surface area (Å²) in [6.45, 7) is 7.02. The van der Waals surface area contributed by atoms with Gasteiger partial charge in [0, 0.05) is 24.1 Å². The molecule has 0 radical (unpaired) electrons. The van der Waals surface area contributed by atoms with E-state index >= 15 is 0 Å². The Hall–Kier alpha value is -1.39. The van der Waals surface area contributed by atoms with Gasteiger partial charge >= 0.3 is 0 Å². The zero-order valence-corrected chi connectivity index (χ0v) is 12.7. The van der Waals surface area contributed by atoms with Crippen LogP contribution in [-0.2, 0) is 4.74 Å². The molecule has 4 heteroatoms. The van der Waals surface area contributed by atoms with Crippen molar-refractivity contribution in [2.45, 2.75) is 26.8 Å². The second-order valence-corrected chi connectivity index (χ2v) is 5.70. The highest BCUT2D eigenvalue weighted by Crippen LogP contribution is 2.26. The number of nitrogens with one attached hydrogen (secondary N) is 1. The van der Waals surface area contributed by atoms with E-state index in [1.54, 1.807) is 18.4 Å². The maximum absolute atomic E-state index is 5.11. The highest BCUT2D eigenvalue weighted by molar-refractivity contribution is 7.14. The van der Waals surface area contributed by atoms with E-state index in [9.17, 15) is 0 Å². The van der Waals surface area contributed by atoms with E-state index in [2.05, 4.69) is 54.7 Å². The predicted molar refractivity (Wildman–Crippen MR) is 82.0 cm³/mol. The summed E-state index contributed by atoms with van der Waals surface area (Å²) in [4.78, 5) is 4.63. The van der Waals surface area contributed by atoms with Crippen molar-refractivity contribution in [1.82, 2.24) is 4.98 Å². The summed E-state index contributed by atoms with van der Waals surface area (Å²) in [6, 6.07) is 6.72. The van der Waals surface area contributed by atoms with Crippen LogP contribution >= 0.6 is 11.3 Å². The Balaban J connectivity index is 2.14. The summed E-state index contributed by atoms with van der Waals surface area (Å²) >= 11 is 1.63. The number of thiazole rings is 1. The van der Waals surface area contributed by atoms with Crippen molar-refractivity contribution in [3.63, 3.8) is 0 Å². The average Bonchev–Trinajstić information content (AvgIpc) is 2.81. The van der Waals surface area contributed by atoms with Crippen LogP contribution in [0.5, 0.6) is 0 Å². The third kappa shape index (κ3) is 3.55. The van der Waals surface area contributed by atoms with Crippen molar-refractivity contribution in [1.29, 1.82) is 0 Å². The van der Waals surface area contributed by atoms with Gasteiger partial charge in [0.1, 0.15) is 0 Å². The molecule has 0 aliphatic rings. The quantitative estimate of drug-likeness (QED) is 0.900. The molecule has 19 heavy (non-hydrogen) atoms. The second-order valence-electron chi connectivity index (χ2n) is 4.84. The van der Waals surface area contributed by atoms with Crippen LogP contribution in [0.4, 0.5) is 5.13 Å². The van der Waals surface area contributed by atoms with Gasteiger partial charge in [-0.15, -0.1) is 11.3 Å². The van der Waals surface area contributed by atoms with E-state index in [0.717, 1.165) is 10.8 Å². The lowest BCUT2D eigenvalue weighted by molar-refractivity contribution is 0.190. The van der Waals surface area contributed by atoms with Gasteiger partial charge in [-0.2, -0.15) is 0 Å². The molecule has 0 spiro atoms. The topological polar surface area (TPSA) is 34.1 Å². The highest BCUT2D eigenvalue weighted by atomic mass is 32.1. The number of benzene rings is 1. The third-order valence-electron chi connectivity index (χ3n) is 3.09. The normalized spacial score (nSPS) is 12.4. The summed E-state index contributed by atoms with van der Waals surface area (Å²) in [5.74, 6) is 0. The van der Waals surface area contributed by atoms with E-state index in [4.69, 9.17) is 4.74 Å². The van der Waals surface area contributed by atoms with Gasteiger partial charge in [-0.05, 0) is 38.0 Å². The van der Waals surface area contributed by atoms with Crippen molar-refractivity contribution in [3.8, 4) is 11.3 Å². The summed E-state index contributed by atoms with van der Waals surface area (Å²) in [7, 11) is 1.71. The fraction of sp³-hybridized carbons (Fsp3) is 0.400. The zero-order chi connectivity index (χ0) is 13.8. The molecule has 0 saturated heterocycles. The molecular formula is C15H20N2OS. The van der Waals surface area contributed by atoms with E-state index in [0.29, 0.717) is 6.61 Å². The van der Waals surface area contributed by atoms with Crippen LogP contribution in [0.15, 0.2) is 23.6 Å². The standard InChI is InChI=1S/C15H20N2OS/c1-10-5-6-13(7-11(10)2)14-9-19-15(17-14)16-12(3)8-18-4/h5-7,9,12H,8H2,1-4H3,(H,16,17)/t12-/m0/s1. The molecule has 0 amide bonds. The van der Waals surface area contributed by atoms with E-state index in [-0.39, 0.29) is 6.04 Å². The fourth-order valence-corrected chi connectivity index (χ4v) is 2.71. The highest BCUT2D eigenvalue weighted by Gasteiger charge is 2.08. The number of aromatic nitrogens is 1. The Bertz CT molecular complexity index is 551. The minimum atomic E-state index is 0.267. The number of hydrogen-bond acceptors (Lipinski definition) is 4. The Labute approximate surface area is 118 Å². The third-order valence-corrected chi connectivity index (χ3v) is 3.87. The first-order valence-corrected chi connectivity index (χ1v) is 7.26. The Morgan fingerprint density at radius 3 is 2.79 bits per heavy atom. The minimum Gasteiger partial charge on any atom is -0.383 e. The molecule has 1 N–H and O–H groups in total. The molecule has 0 unspecified atom stereocenters. The first-order valence-electron chi connectivity index (χ1n) is 6.38. The number of aryl methyl sites for hydroxylation is 2. The van der Waals surface area contributed by atoms with Gasteiger partial charge in [0.25, 0.3) is 0 Å². The maximum atomic E-state index is 5.11. The van der Waals surface area contributed by atoms with Gasteiger partial charge in [0.2, 0.25) is 0 Å². The van der Waals surface area contributed by atoms with Crippen molar-refractivity contribution in [2.75, 3.05) is 19.0 Å². The van der Waals surface area contributed by atoms with Crippen LogP contribution in [-0.4, -0.2) is 24.7 Å². The summed E-state index contributed by atoms with van der Waals surface area (Å²) in [6.07, 6.45) is 0. The summed E-state index contributed by atoms with van der Waals surface area (Å²) in [5.41, 5.74) is 4.81. The lowest BCUT2D eigenvalue weighted by Crippen LogP contribution is -2.20. The van der Waals surface area contributed by atoms with Crippen molar-refractivity contribution in [3.05, 3.63) is 34.7 Å². The molecule has 1 heterocycles. The molecule has 3 nitrogen and oxygen atoms in total. The fourth-order valence-electron chi connectivity index (χ4n) is 1.88. The minimum absolute atomic E-state index is 0.267. The van der Waals surface area contributed by atoms with E-state index in [1.807, 2.05) is 0 Å². The van der Waals surface area contributed by atoms with Gasteiger partial charge in [-0.25, -0.2) is 4.98 Å². The summed E-state index contributed by atoms with van der Waals surface area (Å²) < 4.78 is 5.11. The van der Waals surface area contributed by atoms with Crippen LogP contribution in [0.2, 0.25) is 0 Å². The first-order chi connectivity index (χ1) is 9.10. The second kappa shape index (κ2) is 6.17. The van der Waals surface area contributed by atoms with Gasteiger partial charge in [0.15, 0.2) is 5.13 Å². The molecule has 2 rings (SSSR count). The lowest BCUT2D eigenvalue weighted by atomic mass is 10.1. The molecule has 0 saturated carbocycles. The van der Waals surface area contributed by atoms with Crippen LogP contribution in [0, 0.1) is 13.8 Å². The van der Waals surface area contributed by atoms with Crippen LogP contribution < -0.4 is 5.32 Å². The maximum Gasteiger partial charge on any atom is 0.183 e. The predicted octanol–water partition coefficient (Wildman–Crippen LogP) is 3.87. The number of anilines is 1. The van der Waals surface area contributed by atoms with Crippen molar-refractivity contribution < 1.29 is 4.74 Å². The molecule has 1 atom stereocenters. The first kappa shape index (κ1) is 14.0. The van der Waals surface area contributed by atoms with Crippen molar-refractivity contribution >= 4 is 16.5 Å². The SMILES string of the molecule is COC[C@H](C)Nc1nc(-c2ccc(C)c(C)c2)cs1. The molecule has 2 aromatic rings.